The number of fused-ring (bicyclic) bond motifs is 3. The van der Waals surface area contributed by atoms with Crippen molar-refractivity contribution in [2.75, 3.05) is 18.1 Å². The van der Waals surface area contributed by atoms with Gasteiger partial charge in [0.05, 0.1) is 6.61 Å². The summed E-state index contributed by atoms with van der Waals surface area (Å²) >= 11 is 3.49. The molecule has 0 spiro atoms. The highest BCUT2D eigenvalue weighted by Gasteiger charge is 2.58. The maximum atomic E-state index is 6.34. The van der Waals surface area contributed by atoms with E-state index < -0.39 is 5.72 Å². The molecule has 1 fully saturated rings. The Morgan fingerprint density at radius 1 is 1.09 bits per heavy atom. The van der Waals surface area contributed by atoms with Gasteiger partial charge in [0.1, 0.15) is 0 Å². The number of anilines is 1. The Kier molecular flexibility index (Phi) is 3.40. The Balaban J connectivity index is 1.78. The Labute approximate surface area is 145 Å². The molecular weight excluding hydrogens is 350 g/mol. The van der Waals surface area contributed by atoms with E-state index in [1.165, 1.54) is 16.8 Å². The van der Waals surface area contributed by atoms with Crippen LogP contribution in [-0.4, -0.2) is 18.9 Å². The lowest BCUT2D eigenvalue weighted by Gasteiger charge is -2.39. The van der Waals surface area contributed by atoms with E-state index in [9.17, 15) is 0 Å². The summed E-state index contributed by atoms with van der Waals surface area (Å²) in [5.41, 5.74) is 3.36. The number of halogens is 1. The summed E-state index contributed by atoms with van der Waals surface area (Å²) in [5.74, 6) is 0. The predicted octanol–water partition coefficient (Wildman–Crippen LogP) is 4.99. The van der Waals surface area contributed by atoms with Crippen molar-refractivity contribution in [2.45, 2.75) is 25.0 Å². The van der Waals surface area contributed by atoms with E-state index in [-0.39, 0.29) is 5.41 Å². The zero-order chi connectivity index (χ0) is 16.1. The van der Waals surface area contributed by atoms with Gasteiger partial charge in [-0.05, 0) is 35.4 Å². The molecule has 1 saturated heterocycles. The lowest BCUT2D eigenvalue weighted by Crippen LogP contribution is -2.51. The SMILES string of the molecule is CC1(C)c2ccccc2N2CCOC21/C=C/c1ccc(Br)cc1. The Morgan fingerprint density at radius 2 is 1.83 bits per heavy atom. The molecule has 3 heteroatoms. The number of benzene rings is 2. The predicted molar refractivity (Wildman–Crippen MR) is 98.7 cm³/mol. The monoisotopic (exact) mass is 369 g/mol. The van der Waals surface area contributed by atoms with Crippen LogP contribution in [0.25, 0.3) is 6.08 Å². The molecule has 1 unspecified atom stereocenters. The summed E-state index contributed by atoms with van der Waals surface area (Å²) in [6, 6.07) is 17.0. The quantitative estimate of drug-likeness (QED) is 0.739. The average Bonchev–Trinajstić information content (AvgIpc) is 3.06. The molecule has 23 heavy (non-hydrogen) atoms. The first-order chi connectivity index (χ1) is 11.0. The maximum Gasteiger partial charge on any atom is 0.170 e. The number of rotatable bonds is 2. The lowest BCUT2D eigenvalue weighted by molar-refractivity contribution is 0.000337. The van der Waals surface area contributed by atoms with Crippen LogP contribution in [0.1, 0.15) is 25.0 Å². The van der Waals surface area contributed by atoms with Crippen LogP contribution in [0.4, 0.5) is 5.69 Å². The van der Waals surface area contributed by atoms with Crippen LogP contribution < -0.4 is 4.90 Å². The van der Waals surface area contributed by atoms with E-state index in [1.807, 2.05) is 0 Å². The minimum absolute atomic E-state index is 0.0913. The molecule has 2 aromatic rings. The molecule has 2 heterocycles. The van der Waals surface area contributed by atoms with Gasteiger partial charge < -0.3 is 9.64 Å². The summed E-state index contributed by atoms with van der Waals surface area (Å²) in [5, 5.41) is 0. The second kappa shape index (κ2) is 5.22. The van der Waals surface area contributed by atoms with Crippen molar-refractivity contribution < 1.29 is 4.74 Å². The highest BCUT2D eigenvalue weighted by atomic mass is 79.9. The topological polar surface area (TPSA) is 12.5 Å². The summed E-state index contributed by atoms with van der Waals surface area (Å²) in [6.07, 6.45) is 4.42. The van der Waals surface area contributed by atoms with E-state index in [4.69, 9.17) is 4.74 Å². The van der Waals surface area contributed by atoms with Crippen LogP contribution in [0.15, 0.2) is 59.1 Å². The van der Waals surface area contributed by atoms with Crippen LogP contribution in [0.5, 0.6) is 0 Å². The Morgan fingerprint density at radius 3 is 2.61 bits per heavy atom. The van der Waals surface area contributed by atoms with Crippen molar-refractivity contribution in [3.05, 3.63) is 70.2 Å². The molecule has 118 valence electrons. The molecule has 2 aromatic carbocycles. The molecule has 0 bridgehead atoms. The standard InChI is InChI=1S/C20H20BrNO/c1-19(2)17-5-3-4-6-18(17)22-13-14-23-20(19,22)12-11-15-7-9-16(21)10-8-15/h3-12H,13-14H2,1-2H3/b12-11+. The summed E-state index contributed by atoms with van der Waals surface area (Å²) in [7, 11) is 0. The molecule has 4 rings (SSSR count). The third kappa shape index (κ3) is 2.10. The lowest BCUT2D eigenvalue weighted by atomic mass is 9.77. The molecule has 2 aliphatic rings. The van der Waals surface area contributed by atoms with Crippen molar-refractivity contribution >= 4 is 27.7 Å². The molecule has 0 radical (unpaired) electrons. The van der Waals surface area contributed by atoms with Gasteiger partial charge in [-0.25, -0.2) is 0 Å². The van der Waals surface area contributed by atoms with Crippen LogP contribution in [0, 0.1) is 0 Å². The zero-order valence-corrected chi connectivity index (χ0v) is 15.0. The van der Waals surface area contributed by atoms with Gasteiger partial charge in [0.2, 0.25) is 0 Å². The average molecular weight is 370 g/mol. The second-order valence-electron chi connectivity index (χ2n) is 6.72. The first-order valence-electron chi connectivity index (χ1n) is 8.00. The van der Waals surface area contributed by atoms with Gasteiger partial charge in [0.15, 0.2) is 5.72 Å². The molecule has 2 nitrogen and oxygen atoms in total. The number of hydrogen-bond donors (Lipinski definition) is 0. The van der Waals surface area contributed by atoms with Gasteiger partial charge in [0, 0.05) is 22.1 Å². The van der Waals surface area contributed by atoms with Crippen molar-refractivity contribution in [2.24, 2.45) is 0 Å². The summed E-state index contributed by atoms with van der Waals surface area (Å²) in [6.45, 7) is 6.26. The van der Waals surface area contributed by atoms with Gasteiger partial charge in [-0.3, -0.25) is 0 Å². The minimum atomic E-state index is -0.399. The largest absolute Gasteiger partial charge is 0.349 e. The molecule has 0 amide bonds. The number of para-hydroxylation sites is 1. The Hall–Kier alpha value is -1.58. The van der Waals surface area contributed by atoms with E-state index in [0.29, 0.717) is 0 Å². The fourth-order valence-corrected chi connectivity index (χ4v) is 4.18. The number of ether oxygens (including phenoxy) is 1. The smallest absolute Gasteiger partial charge is 0.170 e. The summed E-state index contributed by atoms with van der Waals surface area (Å²) in [4.78, 5) is 2.41. The highest BCUT2D eigenvalue weighted by molar-refractivity contribution is 9.10. The summed E-state index contributed by atoms with van der Waals surface area (Å²) < 4.78 is 7.43. The zero-order valence-electron chi connectivity index (χ0n) is 13.4. The van der Waals surface area contributed by atoms with Crippen LogP contribution in [-0.2, 0) is 10.2 Å². The van der Waals surface area contributed by atoms with Gasteiger partial charge in [0.25, 0.3) is 0 Å². The number of nitrogens with zero attached hydrogens (tertiary/aromatic N) is 1. The minimum Gasteiger partial charge on any atom is -0.349 e. The van der Waals surface area contributed by atoms with Crippen LogP contribution in [0.3, 0.4) is 0 Å². The second-order valence-corrected chi connectivity index (χ2v) is 7.64. The van der Waals surface area contributed by atoms with Crippen molar-refractivity contribution in [3.8, 4) is 0 Å². The molecule has 1 atom stereocenters. The van der Waals surface area contributed by atoms with Crippen LogP contribution in [0.2, 0.25) is 0 Å². The van der Waals surface area contributed by atoms with Crippen molar-refractivity contribution in [1.29, 1.82) is 0 Å². The van der Waals surface area contributed by atoms with E-state index in [0.717, 1.165) is 17.6 Å². The first kappa shape index (κ1) is 15.0. The molecule has 0 saturated carbocycles. The van der Waals surface area contributed by atoms with Gasteiger partial charge in [-0.15, -0.1) is 0 Å². The van der Waals surface area contributed by atoms with E-state index in [1.54, 1.807) is 0 Å². The molecule has 0 aromatic heterocycles. The maximum absolute atomic E-state index is 6.34. The van der Waals surface area contributed by atoms with Gasteiger partial charge in [-0.1, -0.05) is 66.2 Å². The fraction of sp³-hybridized carbons (Fsp3) is 0.300. The van der Waals surface area contributed by atoms with Gasteiger partial charge >= 0.3 is 0 Å². The van der Waals surface area contributed by atoms with Crippen molar-refractivity contribution in [3.63, 3.8) is 0 Å². The molecule has 2 aliphatic heterocycles. The molecular formula is C20H20BrNO. The first-order valence-corrected chi connectivity index (χ1v) is 8.80. The fourth-order valence-electron chi connectivity index (χ4n) is 3.91. The third-order valence-electron chi connectivity index (χ3n) is 5.17. The highest BCUT2D eigenvalue weighted by Crippen LogP contribution is 2.54. The van der Waals surface area contributed by atoms with Crippen LogP contribution >= 0.6 is 15.9 Å². The number of hydrogen-bond acceptors (Lipinski definition) is 2. The van der Waals surface area contributed by atoms with Gasteiger partial charge in [-0.2, -0.15) is 0 Å². The normalized spacial score (nSPS) is 24.9. The Bertz CT molecular complexity index is 765. The van der Waals surface area contributed by atoms with E-state index >= 15 is 0 Å². The third-order valence-corrected chi connectivity index (χ3v) is 5.70. The molecule has 0 aliphatic carbocycles. The van der Waals surface area contributed by atoms with Crippen molar-refractivity contribution in [1.82, 2.24) is 0 Å². The molecule has 0 N–H and O–H groups in total. The van der Waals surface area contributed by atoms with E-state index in [2.05, 4.69) is 95.4 Å².